The van der Waals surface area contributed by atoms with Gasteiger partial charge in [-0.3, -0.25) is 9.36 Å². The summed E-state index contributed by atoms with van der Waals surface area (Å²) in [6, 6.07) is 5.51. The number of aryl methyl sites for hydroxylation is 1. The molecule has 1 aliphatic heterocycles. The van der Waals surface area contributed by atoms with E-state index >= 15 is 0 Å². The first-order valence-corrected chi connectivity index (χ1v) is 9.43. The normalized spacial score (nSPS) is 16.6. The van der Waals surface area contributed by atoms with E-state index in [1.165, 1.54) is 0 Å². The van der Waals surface area contributed by atoms with Crippen molar-refractivity contribution in [1.29, 1.82) is 0 Å². The summed E-state index contributed by atoms with van der Waals surface area (Å²) in [4.78, 5) is 14.7. The number of rotatable bonds is 7. The Morgan fingerprint density at radius 3 is 2.70 bits per heavy atom. The lowest BCUT2D eigenvalue weighted by molar-refractivity contribution is -0.138. The maximum Gasteiger partial charge on any atom is 0.246 e. The third-order valence-corrected chi connectivity index (χ3v) is 4.83. The quantitative estimate of drug-likeness (QED) is 0.747. The van der Waals surface area contributed by atoms with E-state index in [2.05, 4.69) is 24.0 Å². The molecule has 3 rings (SSSR count). The Morgan fingerprint density at radius 2 is 2.04 bits per heavy atom. The van der Waals surface area contributed by atoms with Gasteiger partial charge < -0.3 is 14.4 Å². The number of carbonyl (C=O) groups excluding carboxylic acids is 1. The first-order valence-electron chi connectivity index (χ1n) is 9.43. The van der Waals surface area contributed by atoms with E-state index < -0.39 is 0 Å². The highest BCUT2D eigenvalue weighted by Crippen LogP contribution is 2.31. The summed E-state index contributed by atoms with van der Waals surface area (Å²) in [5, 5.41) is 8.64. The molecule has 0 fully saturated rings. The van der Waals surface area contributed by atoms with Crippen LogP contribution in [0.15, 0.2) is 18.2 Å². The number of carbonyl (C=O) groups is 1. The predicted molar refractivity (Wildman–Crippen MR) is 102 cm³/mol. The summed E-state index contributed by atoms with van der Waals surface area (Å²) >= 11 is 0. The van der Waals surface area contributed by atoms with Gasteiger partial charge in [-0.05, 0) is 43.9 Å². The van der Waals surface area contributed by atoms with Crippen LogP contribution in [0.25, 0.3) is 0 Å². The van der Waals surface area contributed by atoms with Gasteiger partial charge in [-0.15, -0.1) is 10.2 Å². The third kappa shape index (κ3) is 3.91. The van der Waals surface area contributed by atoms with E-state index in [0.29, 0.717) is 36.3 Å². The summed E-state index contributed by atoms with van der Waals surface area (Å²) < 4.78 is 13.3. The minimum Gasteiger partial charge on any atom is -0.493 e. The van der Waals surface area contributed by atoms with Gasteiger partial charge in [-0.1, -0.05) is 19.9 Å². The van der Waals surface area contributed by atoms with Crippen LogP contribution in [-0.2, 0) is 17.9 Å². The van der Waals surface area contributed by atoms with Crippen molar-refractivity contribution in [1.82, 2.24) is 19.7 Å². The SMILES string of the molecule is CCN1Cc2nnc(COc3ccc(C)cc3OC)n2[C@@H](CC(C)C)C1=O. The van der Waals surface area contributed by atoms with Crippen molar-refractivity contribution in [2.75, 3.05) is 13.7 Å². The van der Waals surface area contributed by atoms with E-state index in [-0.39, 0.29) is 18.6 Å². The first kappa shape index (κ1) is 19.2. The molecule has 0 N–H and O–H groups in total. The number of hydrogen-bond acceptors (Lipinski definition) is 5. The molecule has 0 bridgehead atoms. The van der Waals surface area contributed by atoms with Crippen molar-refractivity contribution in [3.8, 4) is 11.5 Å². The van der Waals surface area contributed by atoms with E-state index in [1.54, 1.807) is 7.11 Å². The Morgan fingerprint density at radius 1 is 1.26 bits per heavy atom. The van der Waals surface area contributed by atoms with E-state index in [4.69, 9.17) is 9.47 Å². The molecule has 7 nitrogen and oxygen atoms in total. The zero-order chi connectivity index (χ0) is 19.6. The smallest absolute Gasteiger partial charge is 0.246 e. The largest absolute Gasteiger partial charge is 0.493 e. The monoisotopic (exact) mass is 372 g/mol. The number of nitrogens with zero attached hydrogens (tertiary/aromatic N) is 4. The van der Waals surface area contributed by atoms with Crippen molar-refractivity contribution >= 4 is 5.91 Å². The van der Waals surface area contributed by atoms with Gasteiger partial charge in [0.15, 0.2) is 23.1 Å². The number of methoxy groups -OCH3 is 1. The standard InChI is InChI=1S/C20H28N4O3/c1-6-23-11-18-21-22-19(24(18)15(20(23)25)9-13(2)3)12-27-16-8-7-14(4)10-17(16)26-5/h7-8,10,13,15H,6,9,11-12H2,1-5H3/t15-/m0/s1. The van der Waals surface area contributed by atoms with Crippen LogP contribution in [0.1, 0.15) is 50.4 Å². The zero-order valence-electron chi connectivity index (χ0n) is 16.7. The number of ether oxygens (including phenoxy) is 2. The molecule has 0 saturated heterocycles. The number of aromatic nitrogens is 3. The molecule has 1 amide bonds. The first-order chi connectivity index (χ1) is 12.9. The summed E-state index contributed by atoms with van der Waals surface area (Å²) in [7, 11) is 1.62. The molecule has 2 aromatic rings. The molecule has 146 valence electrons. The molecule has 1 aliphatic rings. The molecule has 0 aliphatic carbocycles. The van der Waals surface area contributed by atoms with Gasteiger partial charge in [-0.2, -0.15) is 0 Å². The van der Waals surface area contributed by atoms with Crippen LogP contribution in [0, 0.1) is 12.8 Å². The van der Waals surface area contributed by atoms with E-state index in [1.807, 2.05) is 41.5 Å². The molecular formula is C20H28N4O3. The highest BCUT2D eigenvalue weighted by molar-refractivity contribution is 5.81. The number of hydrogen-bond donors (Lipinski definition) is 0. The van der Waals surface area contributed by atoms with Gasteiger partial charge in [-0.25, -0.2) is 0 Å². The van der Waals surface area contributed by atoms with Crippen LogP contribution < -0.4 is 9.47 Å². The van der Waals surface area contributed by atoms with Crippen molar-refractivity contribution < 1.29 is 14.3 Å². The lowest BCUT2D eigenvalue weighted by atomic mass is 10.0. The van der Waals surface area contributed by atoms with Crippen molar-refractivity contribution in [2.24, 2.45) is 5.92 Å². The Bertz CT molecular complexity index is 816. The van der Waals surface area contributed by atoms with Crippen molar-refractivity contribution in [3.05, 3.63) is 35.4 Å². The Labute approximate surface area is 160 Å². The summed E-state index contributed by atoms with van der Waals surface area (Å²) in [5.41, 5.74) is 1.10. The fourth-order valence-electron chi connectivity index (χ4n) is 3.45. The maximum atomic E-state index is 12.9. The molecule has 0 saturated carbocycles. The molecule has 1 atom stereocenters. The van der Waals surface area contributed by atoms with Crippen LogP contribution in [0.5, 0.6) is 11.5 Å². The van der Waals surface area contributed by atoms with Crippen molar-refractivity contribution in [3.63, 3.8) is 0 Å². The van der Waals surface area contributed by atoms with Crippen LogP contribution in [0.3, 0.4) is 0 Å². The van der Waals surface area contributed by atoms with Crippen molar-refractivity contribution in [2.45, 2.75) is 53.3 Å². The average molecular weight is 372 g/mol. The maximum absolute atomic E-state index is 12.9. The Hall–Kier alpha value is -2.57. The minimum absolute atomic E-state index is 0.132. The van der Waals surface area contributed by atoms with Crippen LogP contribution in [0.2, 0.25) is 0 Å². The van der Waals surface area contributed by atoms with Gasteiger partial charge in [0.2, 0.25) is 5.91 Å². The molecular weight excluding hydrogens is 344 g/mol. The van der Waals surface area contributed by atoms with Gasteiger partial charge in [0.05, 0.1) is 13.7 Å². The lowest BCUT2D eigenvalue weighted by Gasteiger charge is -2.34. The summed E-state index contributed by atoms with van der Waals surface area (Å²) in [6.07, 6.45) is 0.751. The molecule has 7 heteroatoms. The predicted octanol–water partition coefficient (Wildman–Crippen LogP) is 3.12. The average Bonchev–Trinajstić information content (AvgIpc) is 3.05. The molecule has 2 heterocycles. The Balaban J connectivity index is 1.87. The van der Waals surface area contributed by atoms with Crippen LogP contribution in [0.4, 0.5) is 0 Å². The van der Waals surface area contributed by atoms with Gasteiger partial charge in [0, 0.05) is 6.54 Å². The van der Waals surface area contributed by atoms with Gasteiger partial charge in [0.1, 0.15) is 12.6 Å². The molecule has 0 spiro atoms. The van der Waals surface area contributed by atoms with Crippen LogP contribution >= 0.6 is 0 Å². The Kier molecular flexibility index (Phi) is 5.68. The third-order valence-electron chi connectivity index (χ3n) is 4.83. The zero-order valence-corrected chi connectivity index (χ0v) is 16.7. The fraction of sp³-hybridized carbons (Fsp3) is 0.550. The second-order valence-electron chi connectivity index (χ2n) is 7.34. The second kappa shape index (κ2) is 7.98. The highest BCUT2D eigenvalue weighted by Gasteiger charge is 2.35. The second-order valence-corrected chi connectivity index (χ2v) is 7.34. The topological polar surface area (TPSA) is 69.5 Å². The molecule has 0 unspecified atom stereocenters. The minimum atomic E-state index is -0.276. The summed E-state index contributed by atoms with van der Waals surface area (Å²) in [6.45, 7) is 9.63. The molecule has 27 heavy (non-hydrogen) atoms. The summed E-state index contributed by atoms with van der Waals surface area (Å²) in [5.74, 6) is 3.34. The number of fused-ring (bicyclic) bond motifs is 1. The highest BCUT2D eigenvalue weighted by atomic mass is 16.5. The van der Waals surface area contributed by atoms with E-state index in [9.17, 15) is 4.79 Å². The van der Waals surface area contributed by atoms with Gasteiger partial charge >= 0.3 is 0 Å². The van der Waals surface area contributed by atoms with Gasteiger partial charge in [0.25, 0.3) is 0 Å². The molecule has 0 radical (unpaired) electrons. The molecule has 1 aromatic heterocycles. The lowest BCUT2D eigenvalue weighted by Crippen LogP contribution is -2.43. The number of likely N-dealkylation sites (N-methyl/N-ethyl adjacent to an activating group) is 1. The number of benzene rings is 1. The molecule has 1 aromatic carbocycles. The fourth-order valence-corrected chi connectivity index (χ4v) is 3.45. The van der Waals surface area contributed by atoms with E-state index in [0.717, 1.165) is 17.8 Å². The van der Waals surface area contributed by atoms with Crippen LogP contribution in [-0.4, -0.2) is 39.2 Å². The number of amides is 1.